The van der Waals surface area contributed by atoms with Gasteiger partial charge in [0.2, 0.25) is 0 Å². The Hall–Kier alpha value is -2.56. The van der Waals surface area contributed by atoms with Crippen LogP contribution in [0, 0.1) is 0 Å². The molecule has 0 atom stereocenters. The summed E-state index contributed by atoms with van der Waals surface area (Å²) < 4.78 is 0. The third-order valence-corrected chi connectivity index (χ3v) is 2.77. The van der Waals surface area contributed by atoms with Crippen LogP contribution in [0.5, 0.6) is 0 Å². The van der Waals surface area contributed by atoms with E-state index < -0.39 is 0 Å². The Balaban J connectivity index is 2.19. The first-order chi connectivity index (χ1) is 9.58. The van der Waals surface area contributed by atoms with E-state index in [-0.39, 0.29) is 0 Å². The molecule has 2 heterocycles. The second-order valence-corrected chi connectivity index (χ2v) is 4.62. The number of anilines is 3. The van der Waals surface area contributed by atoms with Gasteiger partial charge in [0.1, 0.15) is 11.6 Å². The highest BCUT2D eigenvalue weighted by molar-refractivity contribution is 5.61. The molecule has 104 valence electrons. The molecule has 0 saturated carbocycles. The highest BCUT2D eigenvalue weighted by atomic mass is 15.0. The molecular formula is C15H19N5. The number of aromatic nitrogens is 2. The third-order valence-electron chi connectivity index (χ3n) is 2.77. The van der Waals surface area contributed by atoms with Crippen molar-refractivity contribution < 1.29 is 0 Å². The van der Waals surface area contributed by atoms with E-state index in [0.717, 1.165) is 29.2 Å². The molecule has 2 aromatic rings. The van der Waals surface area contributed by atoms with Gasteiger partial charge in [0.15, 0.2) is 0 Å². The van der Waals surface area contributed by atoms with E-state index in [1.54, 1.807) is 6.20 Å². The summed E-state index contributed by atoms with van der Waals surface area (Å²) in [5, 5.41) is 6.09. The van der Waals surface area contributed by atoms with Gasteiger partial charge in [-0.05, 0) is 36.8 Å². The molecule has 5 heteroatoms. The normalized spacial score (nSPS) is 10.1. The van der Waals surface area contributed by atoms with Crippen LogP contribution < -0.4 is 16.4 Å². The van der Waals surface area contributed by atoms with E-state index in [2.05, 4.69) is 27.2 Å². The van der Waals surface area contributed by atoms with Crippen LogP contribution in [-0.4, -0.2) is 17.0 Å². The predicted octanol–water partition coefficient (Wildman–Crippen LogP) is 2.64. The Morgan fingerprint density at radius 1 is 1.35 bits per heavy atom. The number of hydrogen-bond acceptors (Lipinski definition) is 5. The van der Waals surface area contributed by atoms with Gasteiger partial charge < -0.3 is 16.4 Å². The molecule has 4 N–H and O–H groups in total. The summed E-state index contributed by atoms with van der Waals surface area (Å²) in [5.41, 5.74) is 9.41. The fourth-order valence-electron chi connectivity index (χ4n) is 1.89. The lowest BCUT2D eigenvalue weighted by molar-refractivity contribution is 1.07. The number of nitrogen functional groups attached to an aromatic ring is 1. The number of rotatable bonds is 5. The largest absolute Gasteiger partial charge is 0.396 e. The Kier molecular flexibility index (Phi) is 4.20. The molecule has 20 heavy (non-hydrogen) atoms. The van der Waals surface area contributed by atoms with Crippen molar-refractivity contribution >= 4 is 17.3 Å². The van der Waals surface area contributed by atoms with Crippen LogP contribution in [-0.2, 0) is 6.42 Å². The maximum Gasteiger partial charge on any atom is 0.149 e. The van der Waals surface area contributed by atoms with E-state index in [0.29, 0.717) is 11.5 Å². The maximum atomic E-state index is 5.82. The summed E-state index contributed by atoms with van der Waals surface area (Å²) in [5.74, 6) is 1.50. The zero-order valence-electron chi connectivity index (χ0n) is 11.8. The van der Waals surface area contributed by atoms with Crippen molar-refractivity contribution in [2.24, 2.45) is 0 Å². The molecule has 2 rings (SSSR count). The number of hydrogen-bond donors (Lipinski definition) is 3. The minimum Gasteiger partial charge on any atom is -0.396 e. The zero-order valence-corrected chi connectivity index (χ0v) is 11.8. The third kappa shape index (κ3) is 3.47. The van der Waals surface area contributed by atoms with Crippen molar-refractivity contribution in [1.29, 1.82) is 0 Å². The smallest absolute Gasteiger partial charge is 0.149 e. The number of nitrogens with zero attached hydrogens (tertiary/aromatic N) is 2. The molecule has 0 radical (unpaired) electrons. The van der Waals surface area contributed by atoms with Gasteiger partial charge in [-0.25, -0.2) is 9.97 Å². The SMILES string of the molecule is C=C(C)Nc1cc(Cc2ccc(N)c(NC)n2)ccn1. The fraction of sp³-hybridized carbons (Fsp3) is 0.200. The highest BCUT2D eigenvalue weighted by Gasteiger charge is 2.04. The zero-order chi connectivity index (χ0) is 14.5. The molecule has 0 aliphatic heterocycles. The molecule has 0 saturated heterocycles. The lowest BCUT2D eigenvalue weighted by Gasteiger charge is -2.09. The van der Waals surface area contributed by atoms with Gasteiger partial charge in [-0.2, -0.15) is 0 Å². The van der Waals surface area contributed by atoms with Gasteiger partial charge in [-0.15, -0.1) is 0 Å². The number of nitrogens with one attached hydrogen (secondary N) is 2. The highest BCUT2D eigenvalue weighted by Crippen LogP contribution is 2.18. The second kappa shape index (κ2) is 6.06. The van der Waals surface area contributed by atoms with Crippen molar-refractivity contribution in [1.82, 2.24) is 9.97 Å². The summed E-state index contributed by atoms with van der Waals surface area (Å²) in [7, 11) is 1.81. The Morgan fingerprint density at radius 2 is 2.15 bits per heavy atom. The first-order valence-electron chi connectivity index (χ1n) is 6.39. The quantitative estimate of drug-likeness (QED) is 0.778. The first kappa shape index (κ1) is 13.9. The van der Waals surface area contributed by atoms with Crippen molar-refractivity contribution in [2.75, 3.05) is 23.4 Å². The molecular weight excluding hydrogens is 250 g/mol. The van der Waals surface area contributed by atoms with Crippen molar-refractivity contribution in [3.05, 3.63) is 54.0 Å². The Morgan fingerprint density at radius 3 is 2.85 bits per heavy atom. The number of pyridine rings is 2. The molecule has 0 fully saturated rings. The average Bonchev–Trinajstić information content (AvgIpc) is 2.40. The van der Waals surface area contributed by atoms with E-state index in [9.17, 15) is 0 Å². The summed E-state index contributed by atoms with van der Waals surface area (Å²) in [4.78, 5) is 8.73. The minimum atomic E-state index is 0.649. The van der Waals surface area contributed by atoms with Gasteiger partial charge >= 0.3 is 0 Å². The molecule has 0 amide bonds. The average molecular weight is 269 g/mol. The predicted molar refractivity (Wildman–Crippen MR) is 83.7 cm³/mol. The minimum absolute atomic E-state index is 0.649. The van der Waals surface area contributed by atoms with Crippen molar-refractivity contribution in [3.63, 3.8) is 0 Å². The molecule has 0 aromatic carbocycles. The van der Waals surface area contributed by atoms with Gasteiger partial charge in [-0.1, -0.05) is 6.58 Å². The van der Waals surface area contributed by atoms with Crippen molar-refractivity contribution in [2.45, 2.75) is 13.3 Å². The molecule has 0 bridgehead atoms. The van der Waals surface area contributed by atoms with E-state index in [1.807, 2.05) is 38.2 Å². The standard InChI is InChI=1S/C15H19N5/c1-10(2)19-14-9-11(6-7-18-14)8-12-4-5-13(16)15(17-3)20-12/h4-7,9H,1,8,16H2,2-3H3,(H,17,20)(H,18,19). The van der Waals surface area contributed by atoms with Crippen LogP contribution in [0.4, 0.5) is 17.3 Å². The summed E-state index contributed by atoms with van der Waals surface area (Å²) in [6.07, 6.45) is 2.50. The van der Waals surface area contributed by atoms with E-state index >= 15 is 0 Å². The van der Waals surface area contributed by atoms with E-state index in [1.165, 1.54) is 0 Å². The number of nitrogens with two attached hydrogens (primary N) is 1. The summed E-state index contributed by atoms with van der Waals surface area (Å²) >= 11 is 0. The van der Waals surface area contributed by atoms with Crippen LogP contribution in [0.2, 0.25) is 0 Å². The van der Waals surface area contributed by atoms with Crippen molar-refractivity contribution in [3.8, 4) is 0 Å². The summed E-state index contributed by atoms with van der Waals surface area (Å²) in [6.45, 7) is 5.71. The molecule has 2 aromatic heterocycles. The molecule has 5 nitrogen and oxygen atoms in total. The van der Waals surface area contributed by atoms with Gasteiger partial charge in [0.05, 0.1) is 5.69 Å². The Labute approximate surface area is 119 Å². The molecule has 0 unspecified atom stereocenters. The maximum absolute atomic E-state index is 5.82. The lowest BCUT2D eigenvalue weighted by atomic mass is 10.1. The topological polar surface area (TPSA) is 75.9 Å². The van der Waals surface area contributed by atoms with Gasteiger partial charge in [0, 0.05) is 31.1 Å². The number of allylic oxidation sites excluding steroid dienone is 1. The molecule has 0 spiro atoms. The molecule has 0 aliphatic rings. The fourth-order valence-corrected chi connectivity index (χ4v) is 1.89. The monoisotopic (exact) mass is 269 g/mol. The Bertz CT molecular complexity index is 621. The second-order valence-electron chi connectivity index (χ2n) is 4.62. The van der Waals surface area contributed by atoms with Gasteiger partial charge in [-0.3, -0.25) is 0 Å². The summed E-state index contributed by atoms with van der Waals surface area (Å²) in [6, 6.07) is 7.76. The lowest BCUT2D eigenvalue weighted by Crippen LogP contribution is -2.02. The van der Waals surface area contributed by atoms with Crippen LogP contribution in [0.25, 0.3) is 0 Å². The first-order valence-corrected chi connectivity index (χ1v) is 6.39. The van der Waals surface area contributed by atoms with E-state index in [4.69, 9.17) is 5.73 Å². The van der Waals surface area contributed by atoms with Crippen LogP contribution in [0.3, 0.4) is 0 Å². The van der Waals surface area contributed by atoms with Crippen LogP contribution >= 0.6 is 0 Å². The van der Waals surface area contributed by atoms with Crippen LogP contribution in [0.1, 0.15) is 18.2 Å². The van der Waals surface area contributed by atoms with Crippen LogP contribution in [0.15, 0.2) is 42.7 Å². The molecule has 0 aliphatic carbocycles. The van der Waals surface area contributed by atoms with Gasteiger partial charge in [0.25, 0.3) is 0 Å².